The summed E-state index contributed by atoms with van der Waals surface area (Å²) in [6.07, 6.45) is 2.66. The van der Waals surface area contributed by atoms with E-state index in [1.165, 1.54) is 6.33 Å². The molecular formula is C16H20ClFN4O. The normalized spacial score (nSPS) is 18.2. The van der Waals surface area contributed by atoms with Gasteiger partial charge in [0.2, 0.25) is 0 Å². The van der Waals surface area contributed by atoms with Gasteiger partial charge in [-0.3, -0.25) is 4.90 Å². The second kappa shape index (κ2) is 6.95. The van der Waals surface area contributed by atoms with Gasteiger partial charge in [-0.25, -0.2) is 14.1 Å². The van der Waals surface area contributed by atoms with Gasteiger partial charge in [0.05, 0.1) is 18.7 Å². The van der Waals surface area contributed by atoms with Gasteiger partial charge in [-0.05, 0) is 18.9 Å². The summed E-state index contributed by atoms with van der Waals surface area (Å²) in [5, 5.41) is 15.5. The fraction of sp³-hybridized carbons (Fsp3) is 0.500. The number of alkyl halides is 1. The molecule has 1 aliphatic heterocycles. The van der Waals surface area contributed by atoms with E-state index in [0.717, 1.165) is 24.5 Å². The average molecular weight is 339 g/mol. The molecule has 1 saturated heterocycles. The lowest BCUT2D eigenvalue weighted by Gasteiger charge is -2.38. The predicted molar refractivity (Wildman–Crippen MR) is 85.9 cm³/mol. The van der Waals surface area contributed by atoms with Gasteiger partial charge in [-0.1, -0.05) is 29.8 Å². The molecule has 0 aliphatic carbocycles. The van der Waals surface area contributed by atoms with E-state index >= 15 is 0 Å². The van der Waals surface area contributed by atoms with Crippen molar-refractivity contribution in [1.29, 1.82) is 0 Å². The molecule has 3 rings (SSSR count). The maximum absolute atomic E-state index is 12.5. The minimum absolute atomic E-state index is 0.229. The molecule has 2 heterocycles. The van der Waals surface area contributed by atoms with Crippen molar-refractivity contribution < 1.29 is 9.50 Å². The Balaban J connectivity index is 1.64. The minimum Gasteiger partial charge on any atom is -0.385 e. The second-order valence-corrected chi connectivity index (χ2v) is 6.28. The van der Waals surface area contributed by atoms with E-state index in [2.05, 4.69) is 15.0 Å². The van der Waals surface area contributed by atoms with Gasteiger partial charge in [0.25, 0.3) is 0 Å². The zero-order chi connectivity index (χ0) is 16.3. The number of aliphatic hydroxyl groups is 1. The lowest BCUT2D eigenvalue weighted by atomic mass is 9.84. The van der Waals surface area contributed by atoms with Crippen molar-refractivity contribution in [2.24, 2.45) is 0 Å². The standard InChI is InChI=1S/C16H20ClFN4O/c17-14-4-2-1-3-13(14)16(23)5-8-21(9-6-16)11-15-19-12-20-22(15)10-7-18/h1-4,12,23H,5-11H2. The first-order valence-electron chi connectivity index (χ1n) is 7.75. The van der Waals surface area contributed by atoms with Gasteiger partial charge in [0.15, 0.2) is 0 Å². The SMILES string of the molecule is OC1(c2ccccc2Cl)CCN(Cc2ncnn2CCF)CC1. The van der Waals surface area contributed by atoms with E-state index in [0.29, 0.717) is 24.4 Å². The molecule has 124 valence electrons. The molecule has 0 unspecified atom stereocenters. The Hall–Kier alpha value is -1.50. The van der Waals surface area contributed by atoms with Crippen LogP contribution >= 0.6 is 11.6 Å². The topological polar surface area (TPSA) is 54.2 Å². The molecule has 0 bridgehead atoms. The van der Waals surface area contributed by atoms with Gasteiger partial charge < -0.3 is 5.11 Å². The van der Waals surface area contributed by atoms with E-state index in [-0.39, 0.29) is 6.54 Å². The van der Waals surface area contributed by atoms with Crippen molar-refractivity contribution >= 4 is 11.6 Å². The molecule has 1 fully saturated rings. The Bertz CT molecular complexity index is 655. The lowest BCUT2D eigenvalue weighted by Crippen LogP contribution is -2.42. The van der Waals surface area contributed by atoms with Gasteiger partial charge in [0, 0.05) is 23.7 Å². The summed E-state index contributed by atoms with van der Waals surface area (Å²) in [5.74, 6) is 0.755. The molecule has 0 saturated carbocycles. The molecule has 2 aromatic rings. The highest BCUT2D eigenvalue weighted by molar-refractivity contribution is 6.31. The van der Waals surface area contributed by atoms with Crippen LogP contribution < -0.4 is 0 Å². The van der Waals surface area contributed by atoms with E-state index < -0.39 is 12.3 Å². The summed E-state index contributed by atoms with van der Waals surface area (Å²) in [7, 11) is 0. The number of benzene rings is 1. The van der Waals surface area contributed by atoms with E-state index in [1.54, 1.807) is 10.7 Å². The molecule has 5 nitrogen and oxygen atoms in total. The van der Waals surface area contributed by atoms with Crippen molar-refractivity contribution in [1.82, 2.24) is 19.7 Å². The summed E-state index contributed by atoms with van der Waals surface area (Å²) >= 11 is 6.22. The Labute approximate surface area is 139 Å². The Morgan fingerprint density at radius 3 is 2.70 bits per heavy atom. The Morgan fingerprint density at radius 1 is 1.26 bits per heavy atom. The molecule has 0 atom stereocenters. The summed E-state index contributed by atoms with van der Waals surface area (Å²) in [6, 6.07) is 7.45. The van der Waals surface area contributed by atoms with Crippen LogP contribution in [0, 0.1) is 0 Å². The fourth-order valence-electron chi connectivity index (χ4n) is 3.07. The van der Waals surface area contributed by atoms with Crippen LogP contribution in [0.1, 0.15) is 24.2 Å². The van der Waals surface area contributed by atoms with Crippen LogP contribution in [0.25, 0.3) is 0 Å². The van der Waals surface area contributed by atoms with Crippen molar-refractivity contribution in [2.75, 3.05) is 19.8 Å². The fourth-order valence-corrected chi connectivity index (χ4v) is 3.38. The van der Waals surface area contributed by atoms with Crippen LogP contribution in [0.5, 0.6) is 0 Å². The van der Waals surface area contributed by atoms with Crippen LogP contribution in [-0.4, -0.2) is 44.5 Å². The molecule has 0 spiro atoms. The first-order chi connectivity index (χ1) is 11.1. The van der Waals surface area contributed by atoms with Gasteiger partial charge in [-0.15, -0.1) is 0 Å². The number of hydrogen-bond acceptors (Lipinski definition) is 4. The van der Waals surface area contributed by atoms with Gasteiger partial charge in [0.1, 0.15) is 18.8 Å². The van der Waals surface area contributed by atoms with Crippen molar-refractivity contribution in [3.63, 3.8) is 0 Å². The van der Waals surface area contributed by atoms with Crippen LogP contribution in [-0.2, 0) is 18.7 Å². The first-order valence-corrected chi connectivity index (χ1v) is 8.12. The summed E-state index contributed by atoms with van der Waals surface area (Å²) in [4.78, 5) is 6.40. The largest absolute Gasteiger partial charge is 0.385 e. The van der Waals surface area contributed by atoms with Crippen LogP contribution in [0.15, 0.2) is 30.6 Å². The van der Waals surface area contributed by atoms with Crippen molar-refractivity contribution in [3.05, 3.63) is 47.0 Å². The number of likely N-dealkylation sites (tertiary alicyclic amines) is 1. The number of aromatic nitrogens is 3. The van der Waals surface area contributed by atoms with Crippen molar-refractivity contribution in [2.45, 2.75) is 31.5 Å². The third-order valence-electron chi connectivity index (χ3n) is 4.42. The number of rotatable bonds is 5. The second-order valence-electron chi connectivity index (χ2n) is 5.88. The summed E-state index contributed by atoms with van der Waals surface area (Å²) in [5.41, 5.74) is -0.0940. The lowest BCUT2D eigenvalue weighted by molar-refractivity contribution is -0.0283. The molecule has 7 heteroatoms. The third kappa shape index (κ3) is 3.54. The number of hydrogen-bond donors (Lipinski definition) is 1. The number of piperidine rings is 1. The minimum atomic E-state index is -0.887. The molecule has 1 aliphatic rings. The maximum atomic E-state index is 12.5. The van der Waals surface area contributed by atoms with Gasteiger partial charge >= 0.3 is 0 Å². The molecule has 1 aromatic heterocycles. The Morgan fingerprint density at radius 2 is 2.00 bits per heavy atom. The quantitative estimate of drug-likeness (QED) is 0.909. The summed E-state index contributed by atoms with van der Waals surface area (Å²) in [6.45, 7) is 1.84. The van der Waals surface area contributed by atoms with E-state index in [9.17, 15) is 9.50 Å². The van der Waals surface area contributed by atoms with Crippen LogP contribution in [0.4, 0.5) is 4.39 Å². The molecule has 0 radical (unpaired) electrons. The first kappa shape index (κ1) is 16.4. The van der Waals surface area contributed by atoms with Gasteiger partial charge in [-0.2, -0.15) is 5.10 Å². The number of halogens is 2. The highest BCUT2D eigenvalue weighted by Crippen LogP contribution is 2.36. The van der Waals surface area contributed by atoms with Crippen LogP contribution in [0.3, 0.4) is 0 Å². The smallest absolute Gasteiger partial charge is 0.141 e. The van der Waals surface area contributed by atoms with Crippen molar-refractivity contribution in [3.8, 4) is 0 Å². The predicted octanol–water partition coefficient (Wildman–Crippen LogP) is 2.38. The zero-order valence-corrected chi connectivity index (χ0v) is 13.6. The molecule has 1 aromatic carbocycles. The maximum Gasteiger partial charge on any atom is 0.141 e. The highest BCUT2D eigenvalue weighted by atomic mass is 35.5. The highest BCUT2D eigenvalue weighted by Gasteiger charge is 2.35. The molecule has 0 amide bonds. The average Bonchev–Trinajstić information content (AvgIpc) is 2.98. The number of nitrogens with zero attached hydrogens (tertiary/aromatic N) is 4. The number of aryl methyl sites for hydroxylation is 1. The zero-order valence-electron chi connectivity index (χ0n) is 12.8. The van der Waals surface area contributed by atoms with E-state index in [1.807, 2.05) is 18.2 Å². The molecule has 23 heavy (non-hydrogen) atoms. The Kier molecular flexibility index (Phi) is 4.94. The summed E-state index contributed by atoms with van der Waals surface area (Å²) < 4.78 is 14.1. The van der Waals surface area contributed by atoms with E-state index in [4.69, 9.17) is 11.6 Å². The molecular weight excluding hydrogens is 319 g/mol. The third-order valence-corrected chi connectivity index (χ3v) is 4.75. The monoisotopic (exact) mass is 338 g/mol. The van der Waals surface area contributed by atoms with Crippen LogP contribution in [0.2, 0.25) is 5.02 Å². The molecule has 1 N–H and O–H groups in total.